The van der Waals surface area contributed by atoms with Gasteiger partial charge in [-0.15, -0.1) is 0 Å². The number of Topliss-reactive ketones (excluding diaryl/α,β-unsaturated/α-hetero) is 1. The lowest BCUT2D eigenvalue weighted by Crippen LogP contribution is -3.00. The largest absolute Gasteiger partial charge is 1.00 e. The zero-order valence-corrected chi connectivity index (χ0v) is 11.6. The summed E-state index contributed by atoms with van der Waals surface area (Å²) in [5.74, 6) is -0.122. The highest BCUT2D eigenvalue weighted by atomic mass is 79.9. The van der Waals surface area contributed by atoms with Gasteiger partial charge in [0.1, 0.15) is 11.1 Å². The van der Waals surface area contributed by atoms with Crippen molar-refractivity contribution >= 4 is 17.1 Å². The molecule has 2 aromatic rings. The highest BCUT2D eigenvalue weighted by Crippen LogP contribution is 2.08. The van der Waals surface area contributed by atoms with Crippen molar-refractivity contribution in [3.63, 3.8) is 0 Å². The van der Waals surface area contributed by atoms with Crippen molar-refractivity contribution in [1.29, 1.82) is 0 Å². The number of nitro groups is 1. The number of ketones is 1. The number of carbonyl (C=O) groups excluding carboxylic acids is 1. The van der Waals surface area contributed by atoms with Crippen LogP contribution in [0.2, 0.25) is 0 Å². The predicted octanol–water partition coefficient (Wildman–Crippen LogP) is -1.50. The highest BCUT2D eigenvalue weighted by Gasteiger charge is 2.25. The number of aromatic nitrogens is 1. The summed E-state index contributed by atoms with van der Waals surface area (Å²) in [6, 6.07) is 8.75. The smallest absolute Gasteiger partial charge is 0.328 e. The molecule has 0 aliphatic carbocycles. The molecule has 0 spiro atoms. The second kappa shape index (κ2) is 6.36. The van der Waals surface area contributed by atoms with E-state index in [9.17, 15) is 14.9 Å². The molecule has 0 aliphatic rings. The summed E-state index contributed by atoms with van der Waals surface area (Å²) >= 11 is 1.20. The molecule has 0 unspecified atom stereocenters. The Labute approximate surface area is 118 Å². The first kappa shape index (κ1) is 14.5. The van der Waals surface area contributed by atoms with Crippen molar-refractivity contribution < 1.29 is 31.5 Å². The van der Waals surface area contributed by atoms with Gasteiger partial charge in [-0.25, -0.2) is 0 Å². The number of hydrogen-bond donors (Lipinski definition) is 0. The fraction of sp³-hybridized carbons (Fsp3) is 0.0909. The zero-order valence-electron chi connectivity index (χ0n) is 9.15. The minimum Gasteiger partial charge on any atom is -1.00 e. The molecule has 2 rings (SSSR count). The van der Waals surface area contributed by atoms with E-state index < -0.39 is 5.03 Å². The molecule has 1 aromatic heterocycles. The third kappa shape index (κ3) is 3.21. The molecule has 1 heterocycles. The van der Waals surface area contributed by atoms with Crippen LogP contribution in [0.15, 0.2) is 41.9 Å². The number of hydrogen-bond acceptors (Lipinski definition) is 4. The fourth-order valence-electron chi connectivity index (χ4n) is 1.44. The second-order valence-electron chi connectivity index (χ2n) is 3.35. The molecule has 0 radical (unpaired) electrons. The van der Waals surface area contributed by atoms with Crippen LogP contribution >= 0.6 is 11.3 Å². The maximum atomic E-state index is 11.9. The first-order valence-corrected chi connectivity index (χ1v) is 5.77. The van der Waals surface area contributed by atoms with Gasteiger partial charge in [0.05, 0.1) is 5.38 Å². The molecule has 5 nitrogen and oxygen atoms in total. The van der Waals surface area contributed by atoms with Crippen molar-refractivity contribution in [1.82, 2.24) is 0 Å². The topological polar surface area (TPSA) is 64.1 Å². The minimum absolute atomic E-state index is 0. The molecular weight excluding hydrogens is 320 g/mol. The maximum Gasteiger partial charge on any atom is 0.328 e. The Kier molecular flexibility index (Phi) is 5.11. The minimum atomic E-state index is -0.538. The molecule has 1 aromatic carbocycles. The molecule has 0 amide bonds. The summed E-state index contributed by atoms with van der Waals surface area (Å²) < 4.78 is 0.880. The average Bonchev–Trinajstić information content (AvgIpc) is 2.78. The predicted molar refractivity (Wildman–Crippen MR) is 61.4 cm³/mol. The average molecular weight is 329 g/mol. The van der Waals surface area contributed by atoms with Gasteiger partial charge in [-0.2, -0.15) is 10.1 Å². The van der Waals surface area contributed by atoms with E-state index in [1.54, 1.807) is 29.6 Å². The maximum absolute atomic E-state index is 11.9. The Balaban J connectivity index is 0.00000162. The molecule has 0 saturated heterocycles. The van der Waals surface area contributed by atoms with Crippen LogP contribution in [0.25, 0.3) is 0 Å². The number of benzene rings is 1. The summed E-state index contributed by atoms with van der Waals surface area (Å²) in [7, 11) is 0. The van der Waals surface area contributed by atoms with Crippen molar-refractivity contribution in [2.75, 3.05) is 0 Å². The number of carbonyl (C=O) groups is 1. The lowest BCUT2D eigenvalue weighted by atomic mass is 10.1. The van der Waals surface area contributed by atoms with E-state index in [2.05, 4.69) is 0 Å². The molecule has 0 saturated carbocycles. The molecule has 0 N–H and O–H groups in total. The van der Waals surface area contributed by atoms with Crippen molar-refractivity contribution in [2.24, 2.45) is 0 Å². The number of nitrogens with zero attached hydrogens (tertiary/aromatic N) is 2. The Hall–Kier alpha value is -1.60. The quantitative estimate of drug-likeness (QED) is 0.297. The van der Waals surface area contributed by atoms with Gasteiger partial charge in [-0.05, 0) is 0 Å². The van der Waals surface area contributed by atoms with E-state index >= 15 is 0 Å². The zero-order chi connectivity index (χ0) is 12.3. The van der Waals surface area contributed by atoms with Crippen LogP contribution in [0, 0.1) is 10.1 Å². The summed E-state index contributed by atoms with van der Waals surface area (Å²) in [5, 5.41) is 12.1. The van der Waals surface area contributed by atoms with Crippen molar-refractivity contribution in [2.45, 2.75) is 6.42 Å². The standard InChI is InChI=1S/C11H9N2O3S.BrH/c14-10(9-4-2-1-3-5-9)8-11-12(13(15)16)6-7-17-11;/h1-7H,8H2;1H/q+1;/p-1. The van der Waals surface area contributed by atoms with Crippen LogP contribution < -0.4 is 21.7 Å². The summed E-state index contributed by atoms with van der Waals surface area (Å²) in [4.78, 5) is 22.5. The van der Waals surface area contributed by atoms with Gasteiger partial charge in [0, 0.05) is 5.56 Å². The molecule has 18 heavy (non-hydrogen) atoms. The summed E-state index contributed by atoms with van der Waals surface area (Å²) in [5.41, 5.74) is 0.566. The SMILES string of the molecule is O=C(Cc1scc[n+]1[N+](=O)[O-])c1ccccc1.[Br-]. The van der Waals surface area contributed by atoms with E-state index in [4.69, 9.17) is 0 Å². The Morgan fingerprint density at radius 3 is 2.61 bits per heavy atom. The van der Waals surface area contributed by atoms with Crippen LogP contribution in [0.4, 0.5) is 0 Å². The van der Waals surface area contributed by atoms with Gasteiger partial charge in [0.25, 0.3) is 6.20 Å². The number of halogens is 1. The van der Waals surface area contributed by atoms with Gasteiger partial charge in [-0.1, -0.05) is 41.7 Å². The van der Waals surface area contributed by atoms with Gasteiger partial charge in [0.15, 0.2) is 5.78 Å². The van der Waals surface area contributed by atoms with Gasteiger partial charge < -0.3 is 17.0 Å². The third-order valence-corrected chi connectivity index (χ3v) is 3.11. The van der Waals surface area contributed by atoms with Crippen LogP contribution in [-0.4, -0.2) is 10.8 Å². The Morgan fingerprint density at radius 2 is 2.00 bits per heavy atom. The number of thiazole rings is 1. The van der Waals surface area contributed by atoms with Gasteiger partial charge in [0.2, 0.25) is 0 Å². The molecule has 0 bridgehead atoms. The van der Waals surface area contributed by atoms with E-state index in [0.717, 1.165) is 4.68 Å². The van der Waals surface area contributed by atoms with E-state index in [1.165, 1.54) is 17.5 Å². The van der Waals surface area contributed by atoms with Crippen molar-refractivity contribution in [3.8, 4) is 0 Å². The van der Waals surface area contributed by atoms with Crippen LogP contribution in [0.5, 0.6) is 0 Å². The molecule has 0 fully saturated rings. The van der Waals surface area contributed by atoms with Crippen LogP contribution in [-0.2, 0) is 6.42 Å². The normalized spacial score (nSPS) is 9.56. The van der Waals surface area contributed by atoms with Gasteiger partial charge >= 0.3 is 10.0 Å². The summed E-state index contributed by atoms with van der Waals surface area (Å²) in [6.07, 6.45) is 1.39. The van der Waals surface area contributed by atoms with Crippen LogP contribution in [0.1, 0.15) is 15.4 Å². The Bertz CT molecular complexity index is 556. The van der Waals surface area contributed by atoms with Crippen molar-refractivity contribution in [3.05, 3.63) is 62.6 Å². The highest BCUT2D eigenvalue weighted by molar-refractivity contribution is 7.09. The van der Waals surface area contributed by atoms with E-state index in [-0.39, 0.29) is 29.2 Å². The third-order valence-electron chi connectivity index (χ3n) is 2.25. The van der Waals surface area contributed by atoms with E-state index in [1.807, 2.05) is 6.07 Å². The number of rotatable bonds is 4. The molecule has 0 aliphatic heterocycles. The Morgan fingerprint density at radius 1 is 1.33 bits per heavy atom. The van der Waals surface area contributed by atoms with Gasteiger partial charge in [-0.3, -0.25) is 4.79 Å². The molecular formula is C11H9BrN2O3S. The van der Waals surface area contributed by atoms with E-state index in [0.29, 0.717) is 10.6 Å². The summed E-state index contributed by atoms with van der Waals surface area (Å²) in [6.45, 7) is 0. The molecule has 7 heteroatoms. The molecule has 94 valence electrons. The first-order chi connectivity index (χ1) is 8.18. The monoisotopic (exact) mass is 328 g/mol. The first-order valence-electron chi connectivity index (χ1n) is 4.89. The van der Waals surface area contributed by atoms with Crippen LogP contribution in [0.3, 0.4) is 0 Å². The lowest BCUT2D eigenvalue weighted by molar-refractivity contribution is -1.19. The second-order valence-corrected chi connectivity index (χ2v) is 4.32. The molecule has 0 atom stereocenters. The lowest BCUT2D eigenvalue weighted by Gasteiger charge is -1.95. The fourth-order valence-corrected chi connectivity index (χ4v) is 2.22.